The van der Waals surface area contributed by atoms with Gasteiger partial charge in [0.15, 0.2) is 10.8 Å². The number of carbonyl (C=O) groups excluding carboxylic acids is 1. The van der Waals surface area contributed by atoms with Crippen molar-refractivity contribution in [2.24, 2.45) is 0 Å². The fraction of sp³-hybridized carbons (Fsp3) is 0.385. The summed E-state index contributed by atoms with van der Waals surface area (Å²) in [4.78, 5) is 13.1. The number of hydrogen-bond acceptors (Lipinski definition) is 5. The molecule has 4 aromatic rings. The molecule has 1 saturated carbocycles. The molecule has 3 heterocycles. The van der Waals surface area contributed by atoms with Crippen LogP contribution in [-0.2, 0) is 4.79 Å². The summed E-state index contributed by atoms with van der Waals surface area (Å²) in [7, 11) is 0. The lowest BCUT2D eigenvalue weighted by Gasteiger charge is -2.27. The van der Waals surface area contributed by atoms with Crippen molar-refractivity contribution in [3.63, 3.8) is 0 Å². The fourth-order valence-corrected chi connectivity index (χ4v) is 5.90. The third kappa shape index (κ3) is 3.84. The zero-order valence-corrected chi connectivity index (χ0v) is 20.6. The number of thioether (sulfide) groups is 1. The normalized spacial score (nSPS) is 14.5. The number of nitriles is 1. The summed E-state index contributed by atoms with van der Waals surface area (Å²) in [6.45, 7) is 6.08. The minimum Gasteiger partial charge on any atom is -0.327 e. The third-order valence-electron chi connectivity index (χ3n) is 6.97. The highest BCUT2D eigenvalue weighted by Gasteiger charge is 2.26. The summed E-state index contributed by atoms with van der Waals surface area (Å²) in [5.41, 5.74) is 5.51. The average molecular weight is 473 g/mol. The van der Waals surface area contributed by atoms with Gasteiger partial charge >= 0.3 is 0 Å². The van der Waals surface area contributed by atoms with Gasteiger partial charge in [-0.1, -0.05) is 49.2 Å². The van der Waals surface area contributed by atoms with Crippen LogP contribution in [0, 0.1) is 32.1 Å². The first-order valence-corrected chi connectivity index (χ1v) is 12.8. The predicted octanol–water partition coefficient (Wildman–Crippen LogP) is 5.72. The van der Waals surface area contributed by atoms with E-state index in [2.05, 4.69) is 39.1 Å². The maximum absolute atomic E-state index is 13.1. The molecule has 0 spiro atoms. The molecular weight excluding hydrogens is 444 g/mol. The molecule has 174 valence electrons. The van der Waals surface area contributed by atoms with Crippen LogP contribution in [0.4, 0.5) is 5.82 Å². The van der Waals surface area contributed by atoms with Crippen LogP contribution in [0.2, 0.25) is 0 Å². The Labute approximate surface area is 203 Å². The molecule has 1 amide bonds. The van der Waals surface area contributed by atoms with E-state index in [1.807, 2.05) is 42.5 Å². The van der Waals surface area contributed by atoms with Crippen molar-refractivity contribution in [2.75, 3.05) is 11.1 Å². The highest BCUT2D eigenvalue weighted by molar-refractivity contribution is 7.99. The molecule has 1 aliphatic carbocycles. The molecule has 0 atom stereocenters. The van der Waals surface area contributed by atoms with Crippen LogP contribution in [0.3, 0.4) is 0 Å². The number of benzene rings is 1. The van der Waals surface area contributed by atoms with Crippen LogP contribution in [0.25, 0.3) is 16.6 Å². The Kier molecular flexibility index (Phi) is 6.05. The Morgan fingerprint density at radius 1 is 1.18 bits per heavy atom. The predicted molar refractivity (Wildman–Crippen MR) is 135 cm³/mol. The Morgan fingerprint density at radius 3 is 2.71 bits per heavy atom. The van der Waals surface area contributed by atoms with Crippen molar-refractivity contribution in [2.45, 2.75) is 64.1 Å². The van der Waals surface area contributed by atoms with Gasteiger partial charge in [0.2, 0.25) is 5.91 Å². The number of para-hydroxylation sites is 1. The van der Waals surface area contributed by atoms with E-state index in [9.17, 15) is 10.1 Å². The van der Waals surface area contributed by atoms with Gasteiger partial charge in [0.05, 0.1) is 16.8 Å². The van der Waals surface area contributed by atoms with Gasteiger partial charge in [0, 0.05) is 17.1 Å². The zero-order valence-electron chi connectivity index (χ0n) is 19.8. The lowest BCUT2D eigenvalue weighted by Crippen LogP contribution is -2.21. The van der Waals surface area contributed by atoms with E-state index < -0.39 is 0 Å². The lowest BCUT2D eigenvalue weighted by molar-refractivity contribution is -0.113. The topological polar surface area (TPSA) is 88.0 Å². The van der Waals surface area contributed by atoms with E-state index in [0.717, 1.165) is 46.2 Å². The van der Waals surface area contributed by atoms with Gasteiger partial charge in [-0.25, -0.2) is 0 Å². The molecular formula is C26H28N6OS. The number of carbonyl (C=O) groups is 1. The van der Waals surface area contributed by atoms with Crippen LogP contribution < -0.4 is 5.32 Å². The van der Waals surface area contributed by atoms with E-state index in [4.69, 9.17) is 0 Å². The second-order valence-electron chi connectivity index (χ2n) is 9.07. The lowest BCUT2D eigenvalue weighted by atomic mass is 9.95. The van der Waals surface area contributed by atoms with Crippen LogP contribution in [0.1, 0.15) is 60.5 Å². The van der Waals surface area contributed by atoms with Crippen molar-refractivity contribution in [3.8, 4) is 6.07 Å². The van der Waals surface area contributed by atoms with Gasteiger partial charge in [-0.2, -0.15) is 5.26 Å². The first kappa shape index (κ1) is 22.5. The molecule has 34 heavy (non-hydrogen) atoms. The first-order chi connectivity index (χ1) is 16.5. The second-order valence-corrected chi connectivity index (χ2v) is 10.0. The molecule has 1 fully saturated rings. The summed E-state index contributed by atoms with van der Waals surface area (Å²) in [6, 6.07) is 12.8. The van der Waals surface area contributed by atoms with Gasteiger partial charge in [-0.3, -0.25) is 9.20 Å². The number of nitrogens with one attached hydrogen (secondary N) is 1. The highest BCUT2D eigenvalue weighted by atomic mass is 32.2. The smallest absolute Gasteiger partial charge is 0.235 e. The summed E-state index contributed by atoms with van der Waals surface area (Å²) in [5, 5.41) is 23.4. The van der Waals surface area contributed by atoms with Crippen LogP contribution >= 0.6 is 11.8 Å². The van der Waals surface area contributed by atoms with Crippen molar-refractivity contribution >= 4 is 40.0 Å². The Balaban J connectivity index is 1.41. The molecule has 0 saturated heterocycles. The molecule has 8 heteroatoms. The van der Waals surface area contributed by atoms with Gasteiger partial charge in [0.25, 0.3) is 0 Å². The van der Waals surface area contributed by atoms with E-state index in [1.54, 1.807) is 0 Å². The molecule has 7 nitrogen and oxygen atoms in total. The number of hydrogen-bond donors (Lipinski definition) is 1. The molecule has 5 rings (SSSR count). The first-order valence-electron chi connectivity index (χ1n) is 11.8. The summed E-state index contributed by atoms with van der Waals surface area (Å²) < 4.78 is 4.19. The molecule has 0 bridgehead atoms. The number of pyridine rings is 1. The monoisotopic (exact) mass is 472 g/mol. The van der Waals surface area contributed by atoms with E-state index in [-0.39, 0.29) is 11.7 Å². The molecule has 0 unspecified atom stereocenters. The molecule has 0 radical (unpaired) electrons. The summed E-state index contributed by atoms with van der Waals surface area (Å²) in [6.07, 6.45) is 5.77. The Bertz CT molecular complexity index is 1440. The second kappa shape index (κ2) is 9.15. The highest BCUT2D eigenvalue weighted by Crippen LogP contribution is 2.37. The van der Waals surface area contributed by atoms with Crippen molar-refractivity contribution in [1.82, 2.24) is 19.2 Å². The van der Waals surface area contributed by atoms with Gasteiger partial charge in [-0.05, 0) is 56.9 Å². The minimum absolute atomic E-state index is 0.149. The SMILES string of the molecule is Cc1c(C#N)c(NC(=O)CSc2nnc3cc(C)c4ccccc4n23)n(C2CCCCC2)c1C. The van der Waals surface area contributed by atoms with Crippen molar-refractivity contribution in [3.05, 3.63) is 52.7 Å². The number of amides is 1. The Morgan fingerprint density at radius 2 is 1.94 bits per heavy atom. The Hall–Kier alpha value is -3.31. The minimum atomic E-state index is -0.149. The van der Waals surface area contributed by atoms with Gasteiger partial charge in [-0.15, -0.1) is 10.2 Å². The third-order valence-corrected chi connectivity index (χ3v) is 7.90. The van der Waals surface area contributed by atoms with E-state index in [1.165, 1.54) is 31.0 Å². The number of fused-ring (bicyclic) bond motifs is 3. The maximum atomic E-state index is 13.1. The molecule has 1 aliphatic rings. The number of nitrogens with zero attached hydrogens (tertiary/aromatic N) is 5. The van der Waals surface area contributed by atoms with Gasteiger partial charge in [0.1, 0.15) is 11.9 Å². The van der Waals surface area contributed by atoms with Crippen LogP contribution in [-0.4, -0.2) is 30.8 Å². The average Bonchev–Trinajstić information content (AvgIpc) is 3.36. The van der Waals surface area contributed by atoms with Crippen LogP contribution in [0.5, 0.6) is 0 Å². The quantitative estimate of drug-likeness (QED) is 0.376. The van der Waals surface area contributed by atoms with Crippen LogP contribution in [0.15, 0.2) is 35.5 Å². The van der Waals surface area contributed by atoms with Gasteiger partial charge < -0.3 is 9.88 Å². The molecule has 0 aliphatic heterocycles. The number of aryl methyl sites for hydroxylation is 1. The summed E-state index contributed by atoms with van der Waals surface area (Å²) >= 11 is 1.36. The number of anilines is 1. The van der Waals surface area contributed by atoms with E-state index in [0.29, 0.717) is 22.6 Å². The molecule has 1 N–H and O–H groups in total. The van der Waals surface area contributed by atoms with Crippen molar-refractivity contribution in [1.29, 1.82) is 5.26 Å². The maximum Gasteiger partial charge on any atom is 0.235 e. The largest absolute Gasteiger partial charge is 0.327 e. The summed E-state index contributed by atoms with van der Waals surface area (Å²) in [5.74, 6) is 0.674. The number of rotatable bonds is 5. The van der Waals surface area contributed by atoms with Crippen molar-refractivity contribution < 1.29 is 4.79 Å². The molecule has 1 aromatic carbocycles. The fourth-order valence-electron chi connectivity index (χ4n) is 5.15. The number of aromatic nitrogens is 4. The zero-order chi connectivity index (χ0) is 23.8. The molecule has 3 aromatic heterocycles. The standard InChI is InChI=1S/C26H28N6OS/c1-16-13-23-29-30-26(32(23)22-12-8-7-11-20(16)22)34-15-24(33)28-25-21(14-27)17(2)18(3)31(25)19-9-5-4-6-10-19/h7-8,11-13,19H,4-6,9-10,15H2,1-3H3,(H,28,33). The van der Waals surface area contributed by atoms with E-state index >= 15 is 0 Å².